The molecule has 0 amide bonds. The van der Waals surface area contributed by atoms with Gasteiger partial charge in [-0.1, -0.05) is 141 Å². The standard InChI is InChI=1S/C39H72O5/c1-3-5-7-9-11-13-15-17-19-21-23-25-27-29-31-33-38(41)43-36-37(35-40)44-39(42)34-32-30-28-26-24-22-20-18-16-14-12-10-8-6-4-2/h17-20,37,40H,3-16,21-36H2,1-2H3/b19-17-,20-18-/i35+1,36+1,37+1. The molecule has 258 valence electrons. The highest BCUT2D eigenvalue weighted by molar-refractivity contribution is 5.70. The third-order valence-corrected chi connectivity index (χ3v) is 8.22. The minimum absolute atomic E-state index is 0.0709. The highest BCUT2D eigenvalue weighted by Crippen LogP contribution is 2.12. The third-order valence-electron chi connectivity index (χ3n) is 8.22. The van der Waals surface area contributed by atoms with Gasteiger partial charge in [0.25, 0.3) is 0 Å². The molecule has 1 unspecified atom stereocenters. The normalized spacial score (nSPS) is 12.3. The van der Waals surface area contributed by atoms with Gasteiger partial charge in [0.05, 0.1) is 6.61 Å². The molecule has 0 aromatic heterocycles. The molecule has 0 aromatic carbocycles. The van der Waals surface area contributed by atoms with Gasteiger partial charge in [0.15, 0.2) is 6.10 Å². The van der Waals surface area contributed by atoms with Crippen molar-refractivity contribution in [1.82, 2.24) is 0 Å². The molecule has 0 fully saturated rings. The summed E-state index contributed by atoms with van der Waals surface area (Å²) in [6.45, 7) is 4.11. The first-order valence-corrected chi connectivity index (χ1v) is 18.9. The van der Waals surface area contributed by atoms with Crippen molar-refractivity contribution in [2.45, 2.75) is 200 Å². The quantitative estimate of drug-likeness (QED) is 0.0334. The smallest absolute Gasteiger partial charge is 0.306 e. The first-order valence-electron chi connectivity index (χ1n) is 18.9. The van der Waals surface area contributed by atoms with Gasteiger partial charge in [0, 0.05) is 12.8 Å². The number of hydrogen-bond acceptors (Lipinski definition) is 5. The fourth-order valence-electron chi connectivity index (χ4n) is 5.31. The van der Waals surface area contributed by atoms with Gasteiger partial charge in [0.2, 0.25) is 0 Å². The Morgan fingerprint density at radius 2 is 0.841 bits per heavy atom. The number of rotatable bonds is 34. The SMILES string of the molecule is CCCCCCCC/C=C\CCCCCCCC(=O)O[13CH2][13CH]([13CH2]O)OC(=O)CCCCCCC/C=C\CCCCCCCC. The number of hydrogen-bond donors (Lipinski definition) is 1. The summed E-state index contributed by atoms with van der Waals surface area (Å²) in [5.41, 5.74) is 0. The largest absolute Gasteiger partial charge is 0.462 e. The van der Waals surface area contributed by atoms with Gasteiger partial charge >= 0.3 is 11.9 Å². The predicted molar refractivity (Wildman–Crippen MR) is 187 cm³/mol. The van der Waals surface area contributed by atoms with Crippen molar-refractivity contribution in [3.8, 4) is 0 Å². The zero-order valence-corrected chi connectivity index (χ0v) is 29.2. The van der Waals surface area contributed by atoms with Gasteiger partial charge in [0.1, 0.15) is 6.61 Å². The van der Waals surface area contributed by atoms with Crippen molar-refractivity contribution >= 4 is 11.9 Å². The maximum atomic E-state index is 12.1. The molecule has 0 rings (SSSR count). The minimum atomic E-state index is -0.774. The van der Waals surface area contributed by atoms with E-state index in [9.17, 15) is 14.7 Å². The highest BCUT2D eigenvalue weighted by atomic mass is 16.7. The van der Waals surface area contributed by atoms with Crippen molar-refractivity contribution < 1.29 is 24.2 Å². The van der Waals surface area contributed by atoms with E-state index in [1.807, 2.05) is 0 Å². The van der Waals surface area contributed by atoms with Crippen LogP contribution in [0.5, 0.6) is 0 Å². The van der Waals surface area contributed by atoms with Gasteiger partial charge in [-0.2, -0.15) is 0 Å². The Morgan fingerprint density at radius 3 is 1.23 bits per heavy atom. The van der Waals surface area contributed by atoms with Crippen LogP contribution in [0.4, 0.5) is 0 Å². The fourth-order valence-corrected chi connectivity index (χ4v) is 5.31. The van der Waals surface area contributed by atoms with Crippen molar-refractivity contribution in [3.05, 3.63) is 24.3 Å². The molecular formula is C39H72O5. The lowest BCUT2D eigenvalue weighted by molar-refractivity contribution is -0.161. The van der Waals surface area contributed by atoms with Crippen LogP contribution in [0.25, 0.3) is 0 Å². The Balaban J connectivity index is 3.58. The van der Waals surface area contributed by atoms with Gasteiger partial charge in [-0.25, -0.2) is 0 Å². The Hall–Kier alpha value is -1.62. The first-order chi connectivity index (χ1) is 21.6. The first kappa shape index (κ1) is 42.4. The van der Waals surface area contributed by atoms with E-state index in [0.29, 0.717) is 12.8 Å². The average Bonchev–Trinajstić information content (AvgIpc) is 3.02. The minimum Gasteiger partial charge on any atom is -0.462 e. The lowest BCUT2D eigenvalue weighted by Gasteiger charge is -2.15. The molecule has 44 heavy (non-hydrogen) atoms. The van der Waals surface area contributed by atoms with Crippen LogP contribution in [0.3, 0.4) is 0 Å². The second-order valence-electron chi connectivity index (χ2n) is 12.6. The molecule has 1 N–H and O–H groups in total. The van der Waals surface area contributed by atoms with Gasteiger partial charge < -0.3 is 14.6 Å². The summed E-state index contributed by atoms with van der Waals surface area (Å²) in [6.07, 6.45) is 40.9. The molecule has 0 heterocycles. The topological polar surface area (TPSA) is 72.8 Å². The van der Waals surface area contributed by atoms with E-state index < -0.39 is 6.10 Å². The molecule has 5 heteroatoms. The van der Waals surface area contributed by atoms with Crippen LogP contribution in [0, 0.1) is 0 Å². The van der Waals surface area contributed by atoms with Crippen LogP contribution in [0.1, 0.15) is 194 Å². The van der Waals surface area contributed by atoms with Gasteiger partial charge in [-0.15, -0.1) is 0 Å². The lowest BCUT2D eigenvalue weighted by Crippen LogP contribution is -2.28. The zero-order chi connectivity index (χ0) is 32.2. The summed E-state index contributed by atoms with van der Waals surface area (Å²) in [7, 11) is 0. The van der Waals surface area contributed by atoms with Crippen molar-refractivity contribution in [2.75, 3.05) is 13.2 Å². The molecular weight excluding hydrogens is 551 g/mol. The molecule has 0 bridgehead atoms. The molecule has 1 atom stereocenters. The monoisotopic (exact) mass is 624 g/mol. The summed E-state index contributed by atoms with van der Waals surface area (Å²) in [6, 6.07) is 0. The molecule has 0 spiro atoms. The second-order valence-corrected chi connectivity index (χ2v) is 12.6. The molecule has 0 aliphatic heterocycles. The fraction of sp³-hybridized carbons (Fsp3) is 0.846. The Kier molecular flexibility index (Phi) is 34.5. The van der Waals surface area contributed by atoms with Crippen LogP contribution in [-0.4, -0.2) is 36.4 Å². The zero-order valence-electron chi connectivity index (χ0n) is 29.2. The summed E-state index contributed by atoms with van der Waals surface area (Å²) in [5, 5.41) is 9.53. The molecule has 0 saturated carbocycles. The van der Waals surface area contributed by atoms with Crippen LogP contribution in [0.2, 0.25) is 0 Å². The van der Waals surface area contributed by atoms with E-state index in [2.05, 4.69) is 38.2 Å². The lowest BCUT2D eigenvalue weighted by atomic mass is 10.1. The van der Waals surface area contributed by atoms with E-state index in [1.54, 1.807) is 0 Å². The van der Waals surface area contributed by atoms with E-state index in [-0.39, 0.29) is 25.2 Å². The third kappa shape index (κ3) is 33.3. The summed E-state index contributed by atoms with van der Waals surface area (Å²) >= 11 is 0. The molecule has 5 nitrogen and oxygen atoms in total. The van der Waals surface area contributed by atoms with E-state index in [0.717, 1.165) is 51.4 Å². The maximum Gasteiger partial charge on any atom is 0.306 e. The second kappa shape index (κ2) is 35.9. The Morgan fingerprint density at radius 1 is 0.500 bits per heavy atom. The van der Waals surface area contributed by atoms with E-state index >= 15 is 0 Å². The molecule has 0 aliphatic rings. The molecule has 0 aromatic rings. The number of carbonyl (C=O) groups is 2. The van der Waals surface area contributed by atoms with Gasteiger partial charge in [-0.3, -0.25) is 9.59 Å². The summed E-state index contributed by atoms with van der Waals surface area (Å²) in [5.74, 6) is -0.607. The average molecular weight is 624 g/mol. The number of aliphatic hydroxyl groups is 1. The van der Waals surface area contributed by atoms with Gasteiger partial charge in [-0.05, 0) is 64.2 Å². The number of esters is 2. The molecule has 0 aliphatic carbocycles. The van der Waals surface area contributed by atoms with Crippen LogP contribution >= 0.6 is 0 Å². The van der Waals surface area contributed by atoms with Crippen LogP contribution < -0.4 is 0 Å². The predicted octanol–water partition coefficient (Wildman–Crippen LogP) is 11.5. The number of unbranched alkanes of at least 4 members (excludes halogenated alkanes) is 22. The van der Waals surface area contributed by atoms with Crippen molar-refractivity contribution in [2.24, 2.45) is 0 Å². The van der Waals surface area contributed by atoms with Crippen LogP contribution in [-0.2, 0) is 19.1 Å². The summed E-state index contributed by atoms with van der Waals surface area (Å²) in [4.78, 5) is 24.2. The molecule has 0 radical (unpaired) electrons. The maximum absolute atomic E-state index is 12.1. The van der Waals surface area contributed by atoms with E-state index in [1.165, 1.54) is 116 Å². The number of allylic oxidation sites excluding steroid dienone is 4. The Labute approximate surface area is 273 Å². The van der Waals surface area contributed by atoms with E-state index in [4.69, 9.17) is 9.47 Å². The Bertz CT molecular complexity index is 671. The summed E-state index contributed by atoms with van der Waals surface area (Å²) < 4.78 is 10.6. The highest BCUT2D eigenvalue weighted by Gasteiger charge is 2.16. The van der Waals surface area contributed by atoms with Crippen molar-refractivity contribution in [1.29, 1.82) is 0 Å². The molecule has 0 saturated heterocycles. The number of carbonyl (C=O) groups excluding carboxylic acids is 2. The number of ether oxygens (including phenoxy) is 2. The number of aliphatic hydroxyl groups excluding tert-OH is 1. The van der Waals surface area contributed by atoms with Crippen LogP contribution in [0.15, 0.2) is 24.3 Å². The van der Waals surface area contributed by atoms with Crippen molar-refractivity contribution in [3.63, 3.8) is 0 Å².